The van der Waals surface area contributed by atoms with Crippen LogP contribution in [0.4, 0.5) is 0 Å². The van der Waals surface area contributed by atoms with E-state index < -0.39 is 10.0 Å². The van der Waals surface area contributed by atoms with Gasteiger partial charge in [0.2, 0.25) is 10.0 Å². The van der Waals surface area contributed by atoms with Gasteiger partial charge in [0.15, 0.2) is 0 Å². The maximum Gasteiger partial charge on any atom is 0.219 e. The van der Waals surface area contributed by atoms with Gasteiger partial charge in [-0.15, -0.1) is 0 Å². The zero-order chi connectivity index (χ0) is 10.0. The van der Waals surface area contributed by atoms with Crippen LogP contribution in [-0.4, -0.2) is 57.4 Å². The fourth-order valence-corrected chi connectivity index (χ4v) is 3.63. The van der Waals surface area contributed by atoms with Crippen molar-refractivity contribution in [2.45, 2.75) is 11.7 Å². The molecule has 82 valence electrons. The molecular formula is C8H16N2O3S. The first-order chi connectivity index (χ1) is 6.71. The van der Waals surface area contributed by atoms with Crippen molar-refractivity contribution in [3.05, 3.63) is 0 Å². The lowest BCUT2D eigenvalue weighted by atomic mass is 10.4. The van der Waals surface area contributed by atoms with Gasteiger partial charge in [0.1, 0.15) is 5.25 Å². The van der Waals surface area contributed by atoms with Crippen molar-refractivity contribution < 1.29 is 13.2 Å². The molecule has 1 atom stereocenters. The summed E-state index contributed by atoms with van der Waals surface area (Å²) >= 11 is 0. The first-order valence-corrected chi connectivity index (χ1v) is 6.49. The summed E-state index contributed by atoms with van der Waals surface area (Å²) in [5, 5.41) is 2.84. The molecule has 0 spiro atoms. The Hall–Kier alpha value is -0.170. The lowest BCUT2D eigenvalue weighted by Crippen LogP contribution is -2.49. The molecule has 2 heterocycles. The zero-order valence-corrected chi connectivity index (χ0v) is 8.92. The van der Waals surface area contributed by atoms with Crippen molar-refractivity contribution in [3.63, 3.8) is 0 Å². The molecule has 0 aromatic heterocycles. The minimum Gasteiger partial charge on any atom is -0.380 e. The van der Waals surface area contributed by atoms with E-state index in [1.54, 1.807) is 4.31 Å². The third-order valence-corrected chi connectivity index (χ3v) is 5.04. The second-order valence-electron chi connectivity index (χ2n) is 3.68. The summed E-state index contributed by atoms with van der Waals surface area (Å²) in [6.07, 6.45) is 0.645. The van der Waals surface area contributed by atoms with Crippen LogP contribution in [0.15, 0.2) is 0 Å². The van der Waals surface area contributed by atoms with E-state index in [9.17, 15) is 8.42 Å². The van der Waals surface area contributed by atoms with Gasteiger partial charge in [-0.2, -0.15) is 4.31 Å². The molecule has 0 unspecified atom stereocenters. The molecule has 2 saturated heterocycles. The van der Waals surface area contributed by atoms with Gasteiger partial charge in [-0.1, -0.05) is 0 Å². The molecule has 6 heteroatoms. The fourth-order valence-electron chi connectivity index (χ4n) is 1.86. The number of piperazine rings is 1. The van der Waals surface area contributed by atoms with Crippen LogP contribution in [0.3, 0.4) is 0 Å². The van der Waals surface area contributed by atoms with Crippen LogP contribution < -0.4 is 5.32 Å². The Kier molecular flexibility index (Phi) is 3.06. The molecule has 2 rings (SSSR count). The Balaban J connectivity index is 2.05. The normalized spacial score (nSPS) is 30.7. The highest BCUT2D eigenvalue weighted by Crippen LogP contribution is 2.18. The number of hydrogen-bond donors (Lipinski definition) is 1. The Bertz CT molecular complexity index is 279. The van der Waals surface area contributed by atoms with Crippen molar-refractivity contribution in [2.24, 2.45) is 0 Å². The molecule has 2 aliphatic rings. The van der Waals surface area contributed by atoms with Gasteiger partial charge in [-0.3, -0.25) is 0 Å². The van der Waals surface area contributed by atoms with Crippen LogP contribution >= 0.6 is 0 Å². The molecule has 2 aliphatic heterocycles. The number of sulfonamides is 1. The van der Waals surface area contributed by atoms with E-state index in [2.05, 4.69) is 5.32 Å². The van der Waals surface area contributed by atoms with Crippen molar-refractivity contribution >= 4 is 10.0 Å². The zero-order valence-electron chi connectivity index (χ0n) is 8.11. The molecule has 0 saturated carbocycles. The van der Waals surface area contributed by atoms with Crippen LogP contribution in [0.2, 0.25) is 0 Å². The van der Waals surface area contributed by atoms with Crippen molar-refractivity contribution in [1.29, 1.82) is 0 Å². The minimum atomic E-state index is -3.09. The van der Waals surface area contributed by atoms with Crippen LogP contribution in [0.5, 0.6) is 0 Å². The predicted molar refractivity (Wildman–Crippen MR) is 52.6 cm³/mol. The van der Waals surface area contributed by atoms with Crippen LogP contribution in [0.1, 0.15) is 6.42 Å². The molecule has 14 heavy (non-hydrogen) atoms. The third kappa shape index (κ3) is 1.93. The fraction of sp³-hybridized carbons (Fsp3) is 1.00. The maximum absolute atomic E-state index is 12.0. The number of nitrogens with zero attached hydrogens (tertiary/aromatic N) is 1. The van der Waals surface area contributed by atoms with Crippen LogP contribution in [0, 0.1) is 0 Å². The average Bonchev–Trinajstić information content (AvgIpc) is 2.72. The topological polar surface area (TPSA) is 58.6 Å². The molecule has 0 amide bonds. The van der Waals surface area contributed by atoms with Crippen LogP contribution in [-0.2, 0) is 14.8 Å². The smallest absolute Gasteiger partial charge is 0.219 e. The summed E-state index contributed by atoms with van der Waals surface area (Å²) in [5.41, 5.74) is 0. The molecule has 0 aromatic carbocycles. The number of ether oxygens (including phenoxy) is 1. The molecule has 5 nitrogen and oxygen atoms in total. The summed E-state index contributed by atoms with van der Waals surface area (Å²) in [4.78, 5) is 0. The maximum atomic E-state index is 12.0. The van der Waals surface area contributed by atoms with Gasteiger partial charge in [0.25, 0.3) is 0 Å². The largest absolute Gasteiger partial charge is 0.380 e. The molecule has 0 aromatic rings. The summed E-state index contributed by atoms with van der Waals surface area (Å²) in [5.74, 6) is 0. The second-order valence-corrected chi connectivity index (χ2v) is 5.89. The summed E-state index contributed by atoms with van der Waals surface area (Å²) in [7, 11) is -3.09. The first-order valence-electron chi connectivity index (χ1n) is 4.99. The Labute approximate surface area is 84.5 Å². The molecule has 0 aliphatic carbocycles. The van der Waals surface area contributed by atoms with E-state index in [1.807, 2.05) is 0 Å². The van der Waals surface area contributed by atoms with Gasteiger partial charge in [-0.05, 0) is 6.42 Å². The first kappa shape index (κ1) is 10.4. The molecule has 0 radical (unpaired) electrons. The number of hydrogen-bond acceptors (Lipinski definition) is 4. The van der Waals surface area contributed by atoms with Crippen LogP contribution in [0.25, 0.3) is 0 Å². The quantitative estimate of drug-likeness (QED) is 0.649. The Morgan fingerprint density at radius 3 is 2.57 bits per heavy atom. The predicted octanol–water partition coefficient (Wildman–Crippen LogP) is -0.990. The minimum absolute atomic E-state index is 0.305. The summed E-state index contributed by atoms with van der Waals surface area (Å²) in [6, 6.07) is 0. The van der Waals surface area contributed by atoms with E-state index in [0.717, 1.165) is 13.1 Å². The van der Waals surface area contributed by atoms with E-state index >= 15 is 0 Å². The highest BCUT2D eigenvalue weighted by molar-refractivity contribution is 7.89. The standard InChI is InChI=1S/C8H16N2O3S/c11-14(12,8-1-6-13-7-8)10-4-2-9-3-5-10/h8-9H,1-7H2/t8-/m1/s1. The SMILES string of the molecule is O=S(=O)([C@@H]1CCOC1)N1CCNCC1. The number of nitrogens with one attached hydrogen (secondary N) is 1. The lowest BCUT2D eigenvalue weighted by molar-refractivity contribution is 0.197. The highest BCUT2D eigenvalue weighted by Gasteiger charge is 2.35. The van der Waals surface area contributed by atoms with Crippen molar-refractivity contribution in [3.8, 4) is 0 Å². The van der Waals surface area contributed by atoms with Gasteiger partial charge < -0.3 is 10.1 Å². The molecule has 1 N–H and O–H groups in total. The van der Waals surface area contributed by atoms with Gasteiger partial charge in [0.05, 0.1) is 6.61 Å². The average molecular weight is 220 g/mol. The van der Waals surface area contributed by atoms with Gasteiger partial charge in [0, 0.05) is 32.8 Å². The van der Waals surface area contributed by atoms with E-state index in [4.69, 9.17) is 4.74 Å². The summed E-state index contributed by atoms with van der Waals surface area (Å²) in [6.45, 7) is 3.65. The van der Waals surface area contributed by atoms with Crippen molar-refractivity contribution in [2.75, 3.05) is 39.4 Å². The van der Waals surface area contributed by atoms with E-state index in [-0.39, 0.29) is 5.25 Å². The van der Waals surface area contributed by atoms with E-state index in [1.165, 1.54) is 0 Å². The third-order valence-electron chi connectivity index (χ3n) is 2.74. The Morgan fingerprint density at radius 1 is 1.29 bits per heavy atom. The summed E-state index contributed by atoms with van der Waals surface area (Å²) < 4.78 is 30.7. The second kappa shape index (κ2) is 4.14. The number of rotatable bonds is 2. The monoisotopic (exact) mass is 220 g/mol. The molecular weight excluding hydrogens is 204 g/mol. The Morgan fingerprint density at radius 2 is 2.00 bits per heavy atom. The van der Waals surface area contributed by atoms with Gasteiger partial charge in [-0.25, -0.2) is 8.42 Å². The van der Waals surface area contributed by atoms with E-state index in [0.29, 0.717) is 32.7 Å². The van der Waals surface area contributed by atoms with Gasteiger partial charge >= 0.3 is 0 Å². The highest BCUT2D eigenvalue weighted by atomic mass is 32.2. The lowest BCUT2D eigenvalue weighted by Gasteiger charge is -2.28. The molecule has 2 fully saturated rings. The van der Waals surface area contributed by atoms with Crippen molar-refractivity contribution in [1.82, 2.24) is 9.62 Å². The molecule has 0 bridgehead atoms.